The number of aromatic nitrogens is 3. The molecule has 1 aliphatic heterocycles. The molecule has 3 heterocycles. The van der Waals surface area contributed by atoms with Crippen molar-refractivity contribution in [2.75, 3.05) is 25.0 Å². The number of piperidine rings is 1. The summed E-state index contributed by atoms with van der Waals surface area (Å²) in [5, 5.41) is 5.41. The van der Waals surface area contributed by atoms with Gasteiger partial charge in [-0.05, 0) is 31.9 Å². The summed E-state index contributed by atoms with van der Waals surface area (Å²) in [6.45, 7) is 3.85. The summed E-state index contributed by atoms with van der Waals surface area (Å²) >= 11 is 1.44. The predicted octanol–water partition coefficient (Wildman–Crippen LogP) is 2.37. The Morgan fingerprint density at radius 2 is 2.12 bits per heavy atom. The molecule has 136 valence electrons. The molecule has 1 aliphatic rings. The highest BCUT2D eigenvalue weighted by atomic mass is 32.1. The fraction of sp³-hybridized carbons (Fsp3) is 0.389. The highest BCUT2D eigenvalue weighted by Crippen LogP contribution is 2.24. The van der Waals surface area contributed by atoms with Crippen molar-refractivity contribution in [1.82, 2.24) is 19.4 Å². The first kappa shape index (κ1) is 17.0. The topological polar surface area (TPSA) is 83.0 Å². The number of H-pyrrole nitrogens is 1. The Morgan fingerprint density at radius 1 is 1.35 bits per heavy atom. The van der Waals surface area contributed by atoms with Crippen LogP contribution in [0, 0.1) is 6.92 Å². The number of thiazole rings is 1. The third-order valence-corrected chi connectivity index (χ3v) is 5.65. The van der Waals surface area contributed by atoms with Crippen molar-refractivity contribution in [3.8, 4) is 0 Å². The minimum atomic E-state index is -0.0541. The molecule has 7 nitrogen and oxygen atoms in total. The molecule has 2 N–H and O–H groups in total. The first-order valence-electron chi connectivity index (χ1n) is 8.74. The Morgan fingerprint density at radius 3 is 2.85 bits per heavy atom. The average molecular weight is 371 g/mol. The third-order valence-electron chi connectivity index (χ3n) is 4.78. The van der Waals surface area contributed by atoms with Crippen LogP contribution in [0.1, 0.15) is 24.6 Å². The molecule has 0 bridgehead atoms. The minimum Gasteiger partial charge on any atom is -0.306 e. The van der Waals surface area contributed by atoms with Crippen LogP contribution in [0.3, 0.4) is 0 Å². The van der Waals surface area contributed by atoms with Crippen molar-refractivity contribution in [2.24, 2.45) is 0 Å². The number of rotatable bonds is 4. The maximum absolute atomic E-state index is 12.3. The molecule has 1 amide bonds. The van der Waals surface area contributed by atoms with Crippen molar-refractivity contribution in [1.29, 1.82) is 0 Å². The number of carbonyl (C=O) groups excluding carboxylic acids is 1. The van der Waals surface area contributed by atoms with Gasteiger partial charge in [-0.25, -0.2) is 9.78 Å². The molecule has 1 saturated heterocycles. The predicted molar refractivity (Wildman–Crippen MR) is 103 cm³/mol. The van der Waals surface area contributed by atoms with Crippen molar-refractivity contribution >= 4 is 33.4 Å². The van der Waals surface area contributed by atoms with Gasteiger partial charge in [-0.15, -0.1) is 11.3 Å². The Hall–Kier alpha value is -2.45. The number of carbonyl (C=O) groups is 1. The van der Waals surface area contributed by atoms with Crippen molar-refractivity contribution < 1.29 is 4.79 Å². The number of nitrogens with zero attached hydrogens (tertiary/aromatic N) is 3. The molecule has 0 atom stereocenters. The lowest BCUT2D eigenvalue weighted by Gasteiger charge is -2.31. The van der Waals surface area contributed by atoms with Crippen molar-refractivity contribution in [3.63, 3.8) is 0 Å². The van der Waals surface area contributed by atoms with Crippen LogP contribution in [0.25, 0.3) is 11.0 Å². The van der Waals surface area contributed by atoms with E-state index in [2.05, 4.69) is 20.2 Å². The summed E-state index contributed by atoms with van der Waals surface area (Å²) in [6.07, 6.45) is 1.71. The van der Waals surface area contributed by atoms with E-state index in [0.717, 1.165) is 42.7 Å². The summed E-state index contributed by atoms with van der Waals surface area (Å²) in [5.41, 5.74) is 2.68. The lowest BCUT2D eigenvalue weighted by atomic mass is 10.0. The van der Waals surface area contributed by atoms with Gasteiger partial charge in [0.15, 0.2) is 5.13 Å². The Kier molecular flexibility index (Phi) is 4.60. The SMILES string of the molecule is Cc1csc(NC(=O)CN2CCC(n3c(=O)[nH]c4ccccc43)CC2)n1. The van der Waals surface area contributed by atoms with Gasteiger partial charge in [0.1, 0.15) is 0 Å². The largest absolute Gasteiger partial charge is 0.326 e. The number of fused-ring (bicyclic) bond motifs is 1. The van der Waals surface area contributed by atoms with E-state index in [1.54, 1.807) is 0 Å². The standard InChI is InChI=1S/C18H21N5O2S/c1-12-11-26-17(19-12)21-16(24)10-22-8-6-13(7-9-22)23-15-5-3-2-4-14(15)20-18(23)25/h2-5,11,13H,6-10H2,1H3,(H,20,25)(H,19,21,24). The van der Waals surface area contributed by atoms with Gasteiger partial charge in [-0.2, -0.15) is 0 Å². The van der Waals surface area contributed by atoms with E-state index in [0.29, 0.717) is 11.7 Å². The lowest BCUT2D eigenvalue weighted by molar-refractivity contribution is -0.117. The summed E-state index contributed by atoms with van der Waals surface area (Å²) in [4.78, 5) is 33.8. The van der Waals surface area contributed by atoms with Gasteiger partial charge in [-0.3, -0.25) is 14.3 Å². The second-order valence-electron chi connectivity index (χ2n) is 6.67. The number of amides is 1. The second-order valence-corrected chi connectivity index (χ2v) is 7.52. The Bertz CT molecular complexity index is 981. The molecule has 8 heteroatoms. The Balaban J connectivity index is 1.37. The molecule has 1 fully saturated rings. The fourth-order valence-corrected chi connectivity index (χ4v) is 4.25. The van der Waals surface area contributed by atoms with E-state index >= 15 is 0 Å². The number of aromatic amines is 1. The molecule has 0 unspecified atom stereocenters. The molecule has 26 heavy (non-hydrogen) atoms. The Labute approximate surface area is 154 Å². The number of aryl methyl sites for hydroxylation is 1. The van der Waals surface area contributed by atoms with Gasteiger partial charge in [-0.1, -0.05) is 12.1 Å². The van der Waals surface area contributed by atoms with E-state index in [9.17, 15) is 9.59 Å². The van der Waals surface area contributed by atoms with Crippen LogP contribution in [-0.4, -0.2) is 45.0 Å². The van der Waals surface area contributed by atoms with Gasteiger partial charge in [0.2, 0.25) is 5.91 Å². The van der Waals surface area contributed by atoms with Crippen LogP contribution in [0.15, 0.2) is 34.4 Å². The maximum atomic E-state index is 12.3. The average Bonchev–Trinajstić information content (AvgIpc) is 3.17. The lowest BCUT2D eigenvalue weighted by Crippen LogP contribution is -2.40. The molecular formula is C18H21N5O2S. The van der Waals surface area contributed by atoms with E-state index in [1.165, 1.54) is 11.3 Å². The molecule has 0 radical (unpaired) electrons. The van der Waals surface area contributed by atoms with Gasteiger partial charge < -0.3 is 10.3 Å². The quantitative estimate of drug-likeness (QED) is 0.738. The third kappa shape index (κ3) is 3.42. The number of imidazole rings is 1. The first-order chi connectivity index (χ1) is 12.6. The maximum Gasteiger partial charge on any atom is 0.326 e. The fourth-order valence-electron chi connectivity index (χ4n) is 3.55. The van der Waals surface area contributed by atoms with Crippen molar-refractivity contribution in [2.45, 2.75) is 25.8 Å². The smallest absolute Gasteiger partial charge is 0.306 e. The minimum absolute atomic E-state index is 0.0398. The second kappa shape index (κ2) is 7.05. The summed E-state index contributed by atoms with van der Waals surface area (Å²) in [5.74, 6) is -0.0398. The normalized spacial score (nSPS) is 16.2. The zero-order valence-corrected chi connectivity index (χ0v) is 15.4. The molecule has 0 saturated carbocycles. The molecular weight excluding hydrogens is 350 g/mol. The van der Waals surface area contributed by atoms with E-state index in [4.69, 9.17) is 0 Å². The zero-order chi connectivity index (χ0) is 18.1. The van der Waals surface area contributed by atoms with Gasteiger partial charge in [0.05, 0.1) is 23.3 Å². The van der Waals surface area contributed by atoms with E-state index in [-0.39, 0.29) is 17.6 Å². The monoisotopic (exact) mass is 371 g/mol. The molecule has 4 rings (SSSR count). The number of hydrogen-bond donors (Lipinski definition) is 2. The summed E-state index contributed by atoms with van der Waals surface area (Å²) in [7, 11) is 0. The number of hydrogen-bond acceptors (Lipinski definition) is 5. The highest BCUT2D eigenvalue weighted by molar-refractivity contribution is 7.13. The van der Waals surface area contributed by atoms with Crippen LogP contribution in [0.2, 0.25) is 0 Å². The van der Waals surface area contributed by atoms with Crippen LogP contribution in [0.5, 0.6) is 0 Å². The number of anilines is 1. The number of nitrogens with one attached hydrogen (secondary N) is 2. The van der Waals surface area contributed by atoms with Crippen LogP contribution >= 0.6 is 11.3 Å². The van der Waals surface area contributed by atoms with E-state index < -0.39 is 0 Å². The van der Waals surface area contributed by atoms with Crippen LogP contribution in [0.4, 0.5) is 5.13 Å². The first-order valence-corrected chi connectivity index (χ1v) is 9.62. The zero-order valence-electron chi connectivity index (χ0n) is 14.6. The molecule has 0 spiro atoms. The van der Waals surface area contributed by atoms with Crippen LogP contribution < -0.4 is 11.0 Å². The summed E-state index contributed by atoms with van der Waals surface area (Å²) in [6, 6.07) is 7.94. The molecule has 1 aromatic carbocycles. The molecule has 0 aliphatic carbocycles. The van der Waals surface area contributed by atoms with Crippen LogP contribution in [-0.2, 0) is 4.79 Å². The molecule has 2 aromatic heterocycles. The number of benzene rings is 1. The number of likely N-dealkylation sites (tertiary alicyclic amines) is 1. The van der Waals surface area contributed by atoms with Gasteiger partial charge in [0.25, 0.3) is 0 Å². The van der Waals surface area contributed by atoms with Gasteiger partial charge in [0, 0.05) is 24.5 Å². The number of para-hydroxylation sites is 2. The van der Waals surface area contributed by atoms with Crippen molar-refractivity contribution in [3.05, 3.63) is 45.8 Å². The van der Waals surface area contributed by atoms with E-state index in [1.807, 2.05) is 41.1 Å². The summed E-state index contributed by atoms with van der Waals surface area (Å²) < 4.78 is 1.87. The highest BCUT2D eigenvalue weighted by Gasteiger charge is 2.24. The van der Waals surface area contributed by atoms with Gasteiger partial charge >= 0.3 is 5.69 Å². The molecule has 3 aromatic rings.